The smallest absolute Gasteiger partial charge is 0.303 e. The van der Waals surface area contributed by atoms with E-state index in [2.05, 4.69) is 5.10 Å². The maximum absolute atomic E-state index is 12.6. The number of aliphatic carboxylic acids is 1. The highest BCUT2D eigenvalue weighted by molar-refractivity contribution is 5.67. The number of carboxylic acid groups (broad SMARTS) is 1. The summed E-state index contributed by atoms with van der Waals surface area (Å²) in [6, 6.07) is 6.34. The number of H-pyrrole nitrogens is 1. The van der Waals surface area contributed by atoms with E-state index in [-0.39, 0.29) is 29.6 Å². The molecule has 0 saturated heterocycles. The van der Waals surface area contributed by atoms with E-state index >= 15 is 0 Å². The Labute approximate surface area is 128 Å². The molecule has 0 aliphatic carbocycles. The van der Waals surface area contributed by atoms with E-state index in [1.807, 2.05) is 20.8 Å². The first-order valence-corrected chi connectivity index (χ1v) is 7.05. The zero-order chi connectivity index (χ0) is 16.5. The summed E-state index contributed by atoms with van der Waals surface area (Å²) in [4.78, 5) is 23.4. The fourth-order valence-corrected chi connectivity index (χ4v) is 2.37. The molecule has 6 heteroatoms. The van der Waals surface area contributed by atoms with Crippen molar-refractivity contribution in [2.24, 2.45) is 0 Å². The first-order valence-electron chi connectivity index (χ1n) is 7.05. The molecule has 0 spiro atoms. The minimum absolute atomic E-state index is 0.0587. The lowest BCUT2D eigenvalue weighted by atomic mass is 9.88. The highest BCUT2D eigenvalue weighted by Gasteiger charge is 2.25. The molecule has 0 saturated carbocycles. The van der Waals surface area contributed by atoms with Gasteiger partial charge in [-0.1, -0.05) is 26.8 Å². The van der Waals surface area contributed by atoms with Gasteiger partial charge in [-0.3, -0.25) is 14.7 Å². The van der Waals surface area contributed by atoms with Gasteiger partial charge in [0.25, 0.3) is 5.56 Å². The molecule has 0 aliphatic heterocycles. The van der Waals surface area contributed by atoms with Crippen molar-refractivity contribution in [2.75, 3.05) is 0 Å². The van der Waals surface area contributed by atoms with E-state index in [1.54, 1.807) is 12.1 Å². The molecule has 0 aliphatic rings. The van der Waals surface area contributed by atoms with E-state index in [9.17, 15) is 14.7 Å². The van der Waals surface area contributed by atoms with Crippen LogP contribution in [0.3, 0.4) is 0 Å². The molecule has 0 radical (unpaired) electrons. The Morgan fingerprint density at radius 2 is 2.00 bits per heavy atom. The molecule has 0 amide bonds. The Morgan fingerprint density at radius 3 is 2.55 bits per heavy atom. The lowest BCUT2D eigenvalue weighted by Crippen LogP contribution is -2.19. The maximum Gasteiger partial charge on any atom is 0.303 e. The summed E-state index contributed by atoms with van der Waals surface area (Å²) in [5.74, 6) is -0.882. The highest BCUT2D eigenvalue weighted by atomic mass is 16.4. The lowest BCUT2D eigenvalue weighted by Gasteiger charge is -2.18. The van der Waals surface area contributed by atoms with Crippen molar-refractivity contribution < 1.29 is 15.0 Å². The van der Waals surface area contributed by atoms with Gasteiger partial charge in [-0.2, -0.15) is 0 Å². The van der Waals surface area contributed by atoms with E-state index in [0.717, 1.165) is 0 Å². The SMILES string of the molecule is CC(C)(C)c1[nH]n(-c2cccc(O)c2)c(=O)c1CCC(=O)O. The number of aromatic hydroxyl groups is 1. The molecule has 2 rings (SSSR count). The number of nitrogens with one attached hydrogen (secondary N) is 1. The number of hydrogen-bond acceptors (Lipinski definition) is 3. The second-order valence-electron chi connectivity index (χ2n) is 6.27. The van der Waals surface area contributed by atoms with Gasteiger partial charge in [-0.05, 0) is 18.6 Å². The molecule has 118 valence electrons. The fraction of sp³-hybridized carbons (Fsp3) is 0.375. The third-order valence-corrected chi connectivity index (χ3v) is 3.41. The standard InChI is InChI=1S/C16H20N2O4/c1-16(2,3)14-12(7-8-13(20)21)15(22)18(17-14)10-5-4-6-11(19)9-10/h4-6,9,17,19H,7-8H2,1-3H3,(H,20,21). The number of nitrogens with zero attached hydrogens (tertiary/aromatic N) is 1. The van der Waals surface area contributed by atoms with Crippen LogP contribution in [0.5, 0.6) is 5.75 Å². The van der Waals surface area contributed by atoms with Crippen LogP contribution >= 0.6 is 0 Å². The number of aromatic nitrogens is 2. The normalized spacial score (nSPS) is 11.6. The Kier molecular flexibility index (Phi) is 4.12. The average Bonchev–Trinajstić information content (AvgIpc) is 2.73. The fourth-order valence-electron chi connectivity index (χ4n) is 2.37. The Balaban J connectivity index is 2.58. The summed E-state index contributed by atoms with van der Waals surface area (Å²) in [5, 5.41) is 21.5. The first kappa shape index (κ1) is 15.9. The first-order chi connectivity index (χ1) is 10.2. The van der Waals surface area contributed by atoms with Crippen molar-refractivity contribution in [3.8, 4) is 11.4 Å². The summed E-state index contributed by atoms with van der Waals surface area (Å²) in [7, 11) is 0. The molecule has 1 heterocycles. The van der Waals surface area contributed by atoms with Gasteiger partial charge in [0.05, 0.1) is 5.69 Å². The van der Waals surface area contributed by atoms with Gasteiger partial charge in [0, 0.05) is 29.2 Å². The number of phenols is 1. The average molecular weight is 304 g/mol. The molecule has 0 unspecified atom stereocenters. The number of rotatable bonds is 4. The summed E-state index contributed by atoms with van der Waals surface area (Å²) in [6.07, 6.45) is 0.0687. The van der Waals surface area contributed by atoms with Crippen LogP contribution in [-0.4, -0.2) is 26.0 Å². The van der Waals surface area contributed by atoms with Crippen molar-refractivity contribution in [1.82, 2.24) is 9.78 Å². The van der Waals surface area contributed by atoms with Gasteiger partial charge in [0.15, 0.2) is 0 Å². The predicted molar refractivity (Wildman–Crippen MR) is 82.7 cm³/mol. The van der Waals surface area contributed by atoms with Gasteiger partial charge in [-0.25, -0.2) is 4.68 Å². The maximum atomic E-state index is 12.6. The largest absolute Gasteiger partial charge is 0.508 e. The molecule has 0 fully saturated rings. The molecule has 1 aromatic carbocycles. The molecule has 0 atom stereocenters. The highest BCUT2D eigenvalue weighted by Crippen LogP contribution is 2.24. The van der Waals surface area contributed by atoms with Gasteiger partial charge in [0.2, 0.25) is 0 Å². The molecule has 3 N–H and O–H groups in total. The predicted octanol–water partition coefficient (Wildman–Crippen LogP) is 2.19. The Morgan fingerprint density at radius 1 is 1.32 bits per heavy atom. The second-order valence-corrected chi connectivity index (χ2v) is 6.27. The van der Waals surface area contributed by atoms with Crippen molar-refractivity contribution in [1.29, 1.82) is 0 Å². The summed E-state index contributed by atoms with van der Waals surface area (Å²) in [5.41, 5.74) is 1.09. The van der Waals surface area contributed by atoms with Crippen LogP contribution in [0.15, 0.2) is 29.1 Å². The lowest BCUT2D eigenvalue weighted by molar-refractivity contribution is -0.136. The van der Waals surface area contributed by atoms with Crippen LogP contribution in [0, 0.1) is 0 Å². The third kappa shape index (κ3) is 3.21. The molecule has 0 bridgehead atoms. The number of carbonyl (C=O) groups is 1. The van der Waals surface area contributed by atoms with E-state index in [0.29, 0.717) is 16.9 Å². The number of hydrogen-bond donors (Lipinski definition) is 3. The number of carboxylic acids is 1. The summed E-state index contributed by atoms with van der Waals surface area (Å²) < 4.78 is 1.34. The van der Waals surface area contributed by atoms with Crippen LogP contribution in [0.1, 0.15) is 38.4 Å². The third-order valence-electron chi connectivity index (χ3n) is 3.41. The quantitative estimate of drug-likeness (QED) is 0.806. The summed E-state index contributed by atoms with van der Waals surface area (Å²) >= 11 is 0. The van der Waals surface area contributed by atoms with E-state index in [1.165, 1.54) is 16.8 Å². The Hall–Kier alpha value is -2.50. The van der Waals surface area contributed by atoms with Crippen LogP contribution in [0.2, 0.25) is 0 Å². The van der Waals surface area contributed by atoms with Crippen molar-refractivity contribution in [3.63, 3.8) is 0 Å². The van der Waals surface area contributed by atoms with E-state index < -0.39 is 5.97 Å². The summed E-state index contributed by atoms with van der Waals surface area (Å²) in [6.45, 7) is 5.86. The van der Waals surface area contributed by atoms with Crippen LogP contribution < -0.4 is 5.56 Å². The second kappa shape index (κ2) is 5.71. The van der Waals surface area contributed by atoms with Gasteiger partial charge in [0.1, 0.15) is 5.75 Å². The molecular weight excluding hydrogens is 284 g/mol. The monoisotopic (exact) mass is 304 g/mol. The minimum atomic E-state index is -0.940. The molecule has 2 aromatic rings. The molecule has 1 aromatic heterocycles. The van der Waals surface area contributed by atoms with Crippen molar-refractivity contribution >= 4 is 5.97 Å². The van der Waals surface area contributed by atoms with Crippen LogP contribution in [0.25, 0.3) is 5.69 Å². The topological polar surface area (TPSA) is 95.3 Å². The molecule has 6 nitrogen and oxygen atoms in total. The minimum Gasteiger partial charge on any atom is -0.508 e. The van der Waals surface area contributed by atoms with Gasteiger partial charge in [-0.15, -0.1) is 0 Å². The molecule has 22 heavy (non-hydrogen) atoms. The zero-order valence-electron chi connectivity index (χ0n) is 12.9. The number of aromatic amines is 1. The Bertz CT molecular complexity index is 750. The number of benzene rings is 1. The van der Waals surface area contributed by atoms with Crippen molar-refractivity contribution in [2.45, 2.75) is 39.0 Å². The van der Waals surface area contributed by atoms with Gasteiger partial charge < -0.3 is 10.2 Å². The van der Waals surface area contributed by atoms with Crippen LogP contribution in [-0.2, 0) is 16.6 Å². The zero-order valence-corrected chi connectivity index (χ0v) is 12.9. The molecular formula is C16H20N2O4. The van der Waals surface area contributed by atoms with E-state index in [4.69, 9.17) is 5.11 Å². The van der Waals surface area contributed by atoms with Crippen molar-refractivity contribution in [3.05, 3.63) is 45.9 Å². The number of phenolic OH excluding ortho intramolecular Hbond substituents is 1. The van der Waals surface area contributed by atoms with Gasteiger partial charge >= 0.3 is 5.97 Å². The van der Waals surface area contributed by atoms with Crippen LogP contribution in [0.4, 0.5) is 0 Å².